The van der Waals surface area contributed by atoms with Crippen LogP contribution in [0.1, 0.15) is 24.9 Å². The molecule has 1 aromatic carbocycles. The van der Waals surface area contributed by atoms with Gasteiger partial charge in [0.2, 0.25) is 0 Å². The van der Waals surface area contributed by atoms with Gasteiger partial charge >= 0.3 is 0 Å². The molecule has 0 aromatic heterocycles. The van der Waals surface area contributed by atoms with Crippen LogP contribution in [-0.4, -0.2) is 20.2 Å². The van der Waals surface area contributed by atoms with Crippen molar-refractivity contribution in [2.45, 2.75) is 25.4 Å². The van der Waals surface area contributed by atoms with Gasteiger partial charge in [0, 0.05) is 22.0 Å². The molecule has 1 aromatic rings. The van der Waals surface area contributed by atoms with Gasteiger partial charge in [-0.15, -0.1) is 0 Å². The van der Waals surface area contributed by atoms with Crippen LogP contribution in [0.25, 0.3) is 0 Å². The molecular weight excluding hydrogens is 314 g/mol. The Morgan fingerprint density at radius 1 is 1.50 bits per heavy atom. The Bertz CT molecular complexity index is 554. The number of hydrogen-bond donors (Lipinski definition) is 1. The van der Waals surface area contributed by atoms with Crippen molar-refractivity contribution < 1.29 is 8.42 Å². The predicted molar refractivity (Wildman–Crippen MR) is 77.0 cm³/mol. The summed E-state index contributed by atoms with van der Waals surface area (Å²) in [5, 5.41) is 4.68. The third-order valence-corrected chi connectivity index (χ3v) is 4.89. The average Bonchev–Trinajstić information content (AvgIpc) is 2.65. The molecule has 2 rings (SSSR count). The maximum atomic E-state index is 11.4. The molecule has 2 unspecified atom stereocenters. The van der Waals surface area contributed by atoms with Crippen LogP contribution < -0.4 is 5.32 Å². The third-order valence-electron chi connectivity index (χ3n) is 3.00. The van der Waals surface area contributed by atoms with Crippen LogP contribution in [-0.2, 0) is 9.84 Å². The smallest absolute Gasteiger partial charge is 0.173 e. The lowest BCUT2D eigenvalue weighted by Crippen LogP contribution is -2.33. The van der Waals surface area contributed by atoms with Crippen LogP contribution in [0, 0.1) is 0 Å². The first-order chi connectivity index (χ1) is 8.50. The lowest BCUT2D eigenvalue weighted by molar-refractivity contribution is 0.491. The first-order valence-corrected chi connectivity index (χ1v) is 8.43. The number of benzene rings is 1. The fraction of sp³-hybridized carbons (Fsp3) is 0.385. The monoisotopic (exact) mass is 329 g/mol. The molecule has 3 nitrogen and oxygen atoms in total. The summed E-state index contributed by atoms with van der Waals surface area (Å²) in [6, 6.07) is 8.18. The van der Waals surface area contributed by atoms with Crippen molar-refractivity contribution >= 4 is 25.8 Å². The van der Waals surface area contributed by atoms with Gasteiger partial charge in [-0.2, -0.15) is 0 Å². The van der Waals surface area contributed by atoms with E-state index in [0.29, 0.717) is 0 Å². The minimum Gasteiger partial charge on any atom is -0.303 e. The molecule has 0 radical (unpaired) electrons. The molecule has 0 amide bonds. The van der Waals surface area contributed by atoms with Gasteiger partial charge in [0.1, 0.15) is 0 Å². The highest BCUT2D eigenvalue weighted by Gasteiger charge is 2.23. The summed E-state index contributed by atoms with van der Waals surface area (Å²) in [6.45, 7) is 2.09. The molecule has 0 fully saturated rings. The zero-order valence-corrected chi connectivity index (χ0v) is 12.5. The Hall–Kier alpha value is -0.650. The average molecular weight is 330 g/mol. The molecule has 1 aliphatic rings. The Labute approximate surface area is 116 Å². The van der Waals surface area contributed by atoms with Crippen LogP contribution in [0.15, 0.2) is 40.2 Å². The summed E-state index contributed by atoms with van der Waals surface area (Å²) in [6.07, 6.45) is 2.65. The lowest BCUT2D eigenvalue weighted by atomic mass is 10.0. The molecule has 0 spiro atoms. The van der Waals surface area contributed by atoms with Crippen molar-refractivity contribution in [2.75, 3.05) is 5.75 Å². The van der Waals surface area contributed by atoms with Gasteiger partial charge < -0.3 is 5.32 Å². The zero-order valence-electron chi connectivity index (χ0n) is 10.1. The van der Waals surface area contributed by atoms with E-state index in [4.69, 9.17) is 0 Å². The summed E-state index contributed by atoms with van der Waals surface area (Å²) in [5.41, 5.74) is 1.17. The van der Waals surface area contributed by atoms with Gasteiger partial charge in [0.25, 0.3) is 0 Å². The Balaban J connectivity index is 2.09. The van der Waals surface area contributed by atoms with Gasteiger partial charge in [0.15, 0.2) is 9.84 Å². The molecule has 98 valence electrons. The quantitative estimate of drug-likeness (QED) is 0.923. The van der Waals surface area contributed by atoms with Gasteiger partial charge in [-0.05, 0) is 24.1 Å². The number of halogens is 1. The van der Waals surface area contributed by atoms with Crippen molar-refractivity contribution in [1.29, 1.82) is 0 Å². The topological polar surface area (TPSA) is 46.2 Å². The predicted octanol–water partition coefficient (Wildman–Crippen LogP) is 2.80. The molecule has 0 saturated heterocycles. The fourth-order valence-electron chi connectivity index (χ4n) is 2.11. The van der Waals surface area contributed by atoms with Crippen molar-refractivity contribution in [1.82, 2.24) is 5.32 Å². The summed E-state index contributed by atoms with van der Waals surface area (Å²) in [4.78, 5) is 0. The lowest BCUT2D eigenvalue weighted by Gasteiger charge is -2.21. The van der Waals surface area contributed by atoms with Crippen LogP contribution in [0.3, 0.4) is 0 Å². The molecule has 0 bridgehead atoms. The molecule has 1 aliphatic heterocycles. The molecule has 0 saturated carbocycles. The largest absolute Gasteiger partial charge is 0.303 e. The third kappa shape index (κ3) is 3.43. The molecule has 2 atom stereocenters. The second kappa shape index (κ2) is 5.55. The Morgan fingerprint density at radius 2 is 2.28 bits per heavy atom. The summed E-state index contributed by atoms with van der Waals surface area (Å²) < 4.78 is 23.8. The summed E-state index contributed by atoms with van der Waals surface area (Å²) in [7, 11) is -2.99. The fourth-order valence-corrected chi connectivity index (χ4v) is 3.78. The maximum absolute atomic E-state index is 11.4. The van der Waals surface area contributed by atoms with Crippen molar-refractivity contribution in [3.8, 4) is 0 Å². The van der Waals surface area contributed by atoms with E-state index in [-0.39, 0.29) is 17.8 Å². The number of sulfone groups is 1. The maximum Gasteiger partial charge on any atom is 0.173 e. The number of hydrogen-bond acceptors (Lipinski definition) is 3. The van der Waals surface area contributed by atoms with Crippen LogP contribution in [0.2, 0.25) is 0 Å². The van der Waals surface area contributed by atoms with Crippen LogP contribution in [0.5, 0.6) is 0 Å². The van der Waals surface area contributed by atoms with E-state index in [1.165, 1.54) is 11.0 Å². The second-order valence-electron chi connectivity index (χ2n) is 4.45. The van der Waals surface area contributed by atoms with E-state index in [1.54, 1.807) is 6.08 Å². The first kappa shape index (κ1) is 13.8. The van der Waals surface area contributed by atoms with Crippen LogP contribution in [0.4, 0.5) is 0 Å². The van der Waals surface area contributed by atoms with E-state index in [9.17, 15) is 8.42 Å². The summed E-state index contributed by atoms with van der Waals surface area (Å²) >= 11 is 3.45. The van der Waals surface area contributed by atoms with Crippen molar-refractivity contribution in [2.24, 2.45) is 0 Å². The van der Waals surface area contributed by atoms with E-state index in [0.717, 1.165) is 10.9 Å². The minimum atomic E-state index is -2.99. The zero-order chi connectivity index (χ0) is 13.2. The van der Waals surface area contributed by atoms with Crippen molar-refractivity contribution in [3.63, 3.8) is 0 Å². The molecule has 1 N–H and O–H groups in total. The number of nitrogens with one attached hydrogen (secondary N) is 1. The SMILES string of the molecule is CCC(NC1C=CS(=O)(=O)C1)c1cccc(Br)c1. The van der Waals surface area contributed by atoms with Crippen LogP contribution >= 0.6 is 15.9 Å². The number of rotatable bonds is 4. The highest BCUT2D eigenvalue weighted by molar-refractivity contribution is 9.10. The highest BCUT2D eigenvalue weighted by Crippen LogP contribution is 2.22. The molecule has 0 aliphatic carbocycles. The first-order valence-electron chi connectivity index (χ1n) is 5.92. The Kier molecular flexibility index (Phi) is 4.25. The minimum absolute atomic E-state index is 0.0843. The molecule has 18 heavy (non-hydrogen) atoms. The highest BCUT2D eigenvalue weighted by atomic mass is 79.9. The van der Waals surface area contributed by atoms with Gasteiger partial charge in [-0.25, -0.2) is 8.42 Å². The molecule has 5 heteroatoms. The van der Waals surface area contributed by atoms with E-state index in [2.05, 4.69) is 40.3 Å². The van der Waals surface area contributed by atoms with E-state index < -0.39 is 9.84 Å². The second-order valence-corrected chi connectivity index (χ2v) is 7.29. The van der Waals surface area contributed by atoms with Gasteiger partial charge in [-0.1, -0.05) is 41.1 Å². The normalized spacial score (nSPS) is 23.1. The van der Waals surface area contributed by atoms with Gasteiger partial charge in [-0.3, -0.25) is 0 Å². The summed E-state index contributed by atoms with van der Waals surface area (Å²) in [5.74, 6) is 0.164. The standard InChI is InChI=1S/C13H16BrNO2S/c1-2-13(10-4-3-5-11(14)8-10)15-12-6-7-18(16,17)9-12/h3-8,12-13,15H,2,9H2,1H3. The van der Waals surface area contributed by atoms with E-state index >= 15 is 0 Å². The molecular formula is C13H16BrNO2S. The van der Waals surface area contributed by atoms with Crippen molar-refractivity contribution in [3.05, 3.63) is 45.8 Å². The van der Waals surface area contributed by atoms with E-state index in [1.807, 2.05) is 12.1 Å². The van der Waals surface area contributed by atoms with Gasteiger partial charge in [0.05, 0.1) is 5.75 Å². The molecule has 1 heterocycles. The Morgan fingerprint density at radius 3 is 2.83 bits per heavy atom.